The summed E-state index contributed by atoms with van der Waals surface area (Å²) in [5.74, 6) is -0.170. The molecule has 0 spiro atoms. The Morgan fingerprint density at radius 3 is 2.23 bits per heavy atom. The number of amides is 2. The Kier molecular flexibility index (Phi) is 5.62. The second-order valence-corrected chi connectivity index (χ2v) is 11.2. The minimum atomic E-state index is -3.84. The Bertz CT molecular complexity index is 963. The first-order valence-electron chi connectivity index (χ1n) is 10.2. The highest BCUT2D eigenvalue weighted by molar-refractivity contribution is 7.89. The van der Waals surface area contributed by atoms with Crippen LogP contribution in [0.3, 0.4) is 0 Å². The summed E-state index contributed by atoms with van der Waals surface area (Å²) in [5, 5.41) is 2.87. The van der Waals surface area contributed by atoms with Gasteiger partial charge in [0.1, 0.15) is 0 Å². The van der Waals surface area contributed by atoms with Crippen LogP contribution in [0.15, 0.2) is 41.8 Å². The zero-order valence-corrected chi connectivity index (χ0v) is 19.1. The number of nitrogens with zero attached hydrogens (tertiary/aromatic N) is 2. The first-order chi connectivity index (χ1) is 13.8. The van der Waals surface area contributed by atoms with Gasteiger partial charge in [0.15, 0.2) is 0 Å². The summed E-state index contributed by atoms with van der Waals surface area (Å²) in [4.78, 5) is 25.9. The van der Waals surface area contributed by atoms with E-state index in [1.165, 1.54) is 10.4 Å². The van der Waals surface area contributed by atoms with Gasteiger partial charge in [-0.2, -0.15) is 4.31 Å². The third kappa shape index (κ3) is 3.90. The third-order valence-corrected chi connectivity index (χ3v) is 8.46. The van der Waals surface area contributed by atoms with Gasteiger partial charge in [-0.05, 0) is 77.3 Å². The smallest absolute Gasteiger partial charge is 0.244 e. The van der Waals surface area contributed by atoms with Gasteiger partial charge in [0.2, 0.25) is 21.8 Å². The topological polar surface area (TPSA) is 86.8 Å². The van der Waals surface area contributed by atoms with E-state index in [9.17, 15) is 18.0 Å². The lowest BCUT2D eigenvalue weighted by Crippen LogP contribution is -2.56. The van der Waals surface area contributed by atoms with E-state index in [4.69, 9.17) is 0 Å². The number of sulfonamides is 1. The van der Waals surface area contributed by atoms with Gasteiger partial charge < -0.3 is 10.2 Å². The number of benzene rings is 1. The standard InChI is InChI=1S/C22H31N3O4S/c1-7-19(26)23-18-14-21(2,3)25(22(18,4)5)30(28,29)17-12-10-16(11-13-17)24(6)20(27)15-8-9-15/h7,10-13,15,18H,1,8-9,14H2,2-6H3,(H,23,26). The van der Waals surface area contributed by atoms with Crippen LogP contribution in [0.2, 0.25) is 0 Å². The van der Waals surface area contributed by atoms with Gasteiger partial charge in [-0.25, -0.2) is 8.42 Å². The summed E-state index contributed by atoms with van der Waals surface area (Å²) in [6.45, 7) is 10.9. The molecule has 1 aromatic carbocycles. The van der Waals surface area contributed by atoms with E-state index in [0.717, 1.165) is 12.8 Å². The molecule has 1 saturated heterocycles. The second-order valence-electron chi connectivity index (χ2n) is 9.37. The molecule has 1 heterocycles. The molecule has 0 bridgehead atoms. The van der Waals surface area contributed by atoms with Crippen molar-refractivity contribution in [1.29, 1.82) is 0 Å². The van der Waals surface area contributed by atoms with Gasteiger partial charge in [-0.3, -0.25) is 9.59 Å². The fourth-order valence-electron chi connectivity index (χ4n) is 4.53. The molecular weight excluding hydrogens is 402 g/mol. The molecular formula is C22H31N3O4S. The molecule has 0 radical (unpaired) electrons. The van der Waals surface area contributed by atoms with Crippen molar-refractivity contribution in [3.63, 3.8) is 0 Å². The quantitative estimate of drug-likeness (QED) is 0.699. The van der Waals surface area contributed by atoms with Crippen LogP contribution < -0.4 is 10.2 Å². The fourth-order valence-corrected chi connectivity index (χ4v) is 6.69. The molecule has 2 fully saturated rings. The highest BCUT2D eigenvalue weighted by Gasteiger charge is 2.57. The molecule has 30 heavy (non-hydrogen) atoms. The van der Waals surface area contributed by atoms with Crippen molar-refractivity contribution in [2.24, 2.45) is 5.92 Å². The molecule has 8 heteroatoms. The molecule has 3 rings (SSSR count). The van der Waals surface area contributed by atoms with Gasteiger partial charge in [0, 0.05) is 30.2 Å². The SMILES string of the molecule is C=CC(=O)NC1CC(C)(C)N(S(=O)(=O)c2ccc(N(C)C(=O)C3CC3)cc2)C1(C)C. The van der Waals surface area contributed by atoms with E-state index in [1.54, 1.807) is 36.2 Å². The Morgan fingerprint density at radius 2 is 1.73 bits per heavy atom. The Labute approximate surface area is 179 Å². The van der Waals surface area contributed by atoms with Crippen LogP contribution in [0.5, 0.6) is 0 Å². The van der Waals surface area contributed by atoms with Crippen molar-refractivity contribution in [3.8, 4) is 0 Å². The number of hydrogen-bond acceptors (Lipinski definition) is 4. The summed E-state index contributed by atoms with van der Waals surface area (Å²) >= 11 is 0. The number of hydrogen-bond donors (Lipinski definition) is 1. The molecule has 1 aromatic rings. The minimum absolute atomic E-state index is 0.0632. The van der Waals surface area contributed by atoms with Crippen molar-refractivity contribution in [1.82, 2.24) is 9.62 Å². The lowest BCUT2D eigenvalue weighted by atomic mass is 9.94. The van der Waals surface area contributed by atoms with E-state index in [-0.39, 0.29) is 28.7 Å². The number of nitrogens with one attached hydrogen (secondary N) is 1. The number of carbonyl (C=O) groups excluding carboxylic acids is 2. The molecule has 1 saturated carbocycles. The van der Waals surface area contributed by atoms with Crippen molar-refractivity contribution in [3.05, 3.63) is 36.9 Å². The largest absolute Gasteiger partial charge is 0.348 e. The summed E-state index contributed by atoms with van der Waals surface area (Å²) in [6.07, 6.45) is 3.50. The molecule has 1 N–H and O–H groups in total. The maximum absolute atomic E-state index is 13.6. The zero-order chi connectivity index (χ0) is 22.5. The van der Waals surface area contributed by atoms with Crippen LogP contribution >= 0.6 is 0 Å². The normalized spacial score (nSPS) is 23.0. The van der Waals surface area contributed by atoms with E-state index >= 15 is 0 Å². The van der Waals surface area contributed by atoms with Gasteiger partial charge in [0.25, 0.3) is 0 Å². The minimum Gasteiger partial charge on any atom is -0.348 e. The van der Waals surface area contributed by atoms with Gasteiger partial charge in [0.05, 0.1) is 10.4 Å². The molecule has 2 aliphatic rings. The highest BCUT2D eigenvalue weighted by atomic mass is 32.2. The lowest BCUT2D eigenvalue weighted by Gasteiger charge is -2.40. The maximum atomic E-state index is 13.6. The van der Waals surface area contributed by atoms with Crippen LogP contribution in [-0.4, -0.2) is 48.7 Å². The van der Waals surface area contributed by atoms with Crippen molar-refractivity contribution < 1.29 is 18.0 Å². The predicted molar refractivity (Wildman–Crippen MR) is 117 cm³/mol. The summed E-state index contributed by atoms with van der Waals surface area (Å²) in [5.41, 5.74) is -0.862. The molecule has 1 unspecified atom stereocenters. The van der Waals surface area contributed by atoms with Crippen LogP contribution in [0, 0.1) is 5.92 Å². The Morgan fingerprint density at radius 1 is 1.17 bits per heavy atom. The van der Waals surface area contributed by atoms with Gasteiger partial charge in [-0.15, -0.1) is 0 Å². The fraction of sp³-hybridized carbons (Fsp3) is 0.545. The third-order valence-electron chi connectivity index (χ3n) is 6.15. The van der Waals surface area contributed by atoms with Crippen molar-refractivity contribution >= 4 is 27.5 Å². The first-order valence-corrected chi connectivity index (χ1v) is 11.6. The number of rotatable bonds is 6. The van der Waals surface area contributed by atoms with E-state index in [0.29, 0.717) is 12.1 Å². The summed E-state index contributed by atoms with van der Waals surface area (Å²) < 4.78 is 28.7. The van der Waals surface area contributed by atoms with Crippen LogP contribution in [-0.2, 0) is 19.6 Å². The molecule has 1 aliphatic heterocycles. The van der Waals surface area contributed by atoms with Crippen LogP contribution in [0.25, 0.3) is 0 Å². The summed E-state index contributed by atoms with van der Waals surface area (Å²) in [7, 11) is -2.13. The molecule has 1 atom stereocenters. The molecule has 2 amide bonds. The van der Waals surface area contributed by atoms with Crippen molar-refractivity contribution in [2.45, 2.75) is 69.0 Å². The van der Waals surface area contributed by atoms with E-state index in [2.05, 4.69) is 11.9 Å². The average molecular weight is 434 g/mol. The molecule has 164 valence electrons. The molecule has 0 aromatic heterocycles. The first kappa shape index (κ1) is 22.5. The monoisotopic (exact) mass is 433 g/mol. The Balaban J connectivity index is 1.90. The van der Waals surface area contributed by atoms with Crippen LogP contribution in [0.1, 0.15) is 47.0 Å². The maximum Gasteiger partial charge on any atom is 0.244 e. The van der Waals surface area contributed by atoms with Crippen LogP contribution in [0.4, 0.5) is 5.69 Å². The average Bonchev–Trinajstić information content (AvgIpc) is 3.47. The number of anilines is 1. The van der Waals surface area contributed by atoms with E-state index in [1.807, 2.05) is 27.7 Å². The van der Waals surface area contributed by atoms with Crippen molar-refractivity contribution in [2.75, 3.05) is 11.9 Å². The molecule has 7 nitrogen and oxygen atoms in total. The van der Waals surface area contributed by atoms with E-state index < -0.39 is 21.1 Å². The highest BCUT2D eigenvalue weighted by Crippen LogP contribution is 2.45. The Hall–Kier alpha value is -2.19. The predicted octanol–water partition coefficient (Wildman–Crippen LogP) is 2.68. The number of carbonyl (C=O) groups is 2. The second kappa shape index (κ2) is 7.50. The molecule has 1 aliphatic carbocycles. The van der Waals surface area contributed by atoms with Gasteiger partial charge in [-0.1, -0.05) is 6.58 Å². The summed E-state index contributed by atoms with van der Waals surface area (Å²) in [6, 6.07) is 6.07. The zero-order valence-electron chi connectivity index (χ0n) is 18.3. The van der Waals surface area contributed by atoms with Gasteiger partial charge >= 0.3 is 0 Å². The lowest BCUT2D eigenvalue weighted by molar-refractivity contribution is -0.119.